The van der Waals surface area contributed by atoms with E-state index in [0.717, 1.165) is 59.6 Å². The van der Waals surface area contributed by atoms with E-state index in [0.29, 0.717) is 13.2 Å². The van der Waals surface area contributed by atoms with Gasteiger partial charge in [0.15, 0.2) is 5.78 Å². The molecule has 1 saturated heterocycles. The summed E-state index contributed by atoms with van der Waals surface area (Å²) >= 11 is 0. The third-order valence-corrected chi connectivity index (χ3v) is 5.62. The van der Waals surface area contributed by atoms with Gasteiger partial charge in [0.2, 0.25) is 0 Å². The third-order valence-electron chi connectivity index (χ3n) is 5.62. The molecular weight excluding hydrogens is 350 g/mol. The number of fused-ring (bicyclic) bond motifs is 3. The number of carbonyl (C=O) groups is 1. The molecule has 1 fully saturated rings. The van der Waals surface area contributed by atoms with Gasteiger partial charge in [-0.25, -0.2) is 0 Å². The van der Waals surface area contributed by atoms with E-state index in [-0.39, 0.29) is 5.78 Å². The summed E-state index contributed by atoms with van der Waals surface area (Å²) in [6.07, 6.45) is 5.75. The monoisotopic (exact) mass is 379 g/mol. The number of carbonyl (C=O) groups excluding carboxylic acids is 1. The number of nitrogens with zero attached hydrogens (tertiary/aromatic N) is 1. The average molecular weight is 380 g/mol. The van der Waals surface area contributed by atoms with E-state index in [1.165, 1.54) is 25.9 Å². The van der Waals surface area contributed by atoms with Crippen LogP contribution >= 0.6 is 0 Å². The van der Waals surface area contributed by atoms with E-state index in [2.05, 4.69) is 11.8 Å². The molecule has 1 aliphatic carbocycles. The van der Waals surface area contributed by atoms with Crippen molar-refractivity contribution in [2.45, 2.75) is 39.0 Å². The Labute approximate surface area is 167 Å². The first kappa shape index (κ1) is 19.0. The smallest absolute Gasteiger partial charge is 0.194 e. The van der Waals surface area contributed by atoms with Crippen molar-refractivity contribution in [3.63, 3.8) is 0 Å². The molecule has 0 aromatic heterocycles. The molecule has 1 aliphatic heterocycles. The highest BCUT2D eigenvalue weighted by Crippen LogP contribution is 2.43. The van der Waals surface area contributed by atoms with Gasteiger partial charge in [-0.15, -0.1) is 0 Å². The first-order chi connectivity index (χ1) is 13.8. The highest BCUT2D eigenvalue weighted by molar-refractivity contribution is 6.22. The lowest BCUT2D eigenvalue weighted by molar-refractivity contribution is 0.104. The van der Waals surface area contributed by atoms with Crippen molar-refractivity contribution in [2.24, 2.45) is 0 Å². The maximum absolute atomic E-state index is 12.9. The van der Waals surface area contributed by atoms with Gasteiger partial charge in [0, 0.05) is 23.2 Å². The Bertz CT molecular complexity index is 840. The molecule has 0 unspecified atom stereocenters. The summed E-state index contributed by atoms with van der Waals surface area (Å²) in [4.78, 5) is 15.4. The minimum Gasteiger partial charge on any atom is -0.494 e. The van der Waals surface area contributed by atoms with Gasteiger partial charge in [-0.2, -0.15) is 0 Å². The molecule has 1 heterocycles. The standard InChI is InChI=1S/C24H29NO3/c1-2-3-15-27-18-10-11-19-21(17-18)24(26)20-8-6-9-22(23(19)20)28-16-7-14-25-12-4-5-13-25/h6,8-11,17H,2-5,7,12-16H2,1H3. The lowest BCUT2D eigenvalue weighted by atomic mass is 10.0. The van der Waals surface area contributed by atoms with Gasteiger partial charge in [-0.1, -0.05) is 25.5 Å². The van der Waals surface area contributed by atoms with Crippen molar-refractivity contribution in [2.75, 3.05) is 32.8 Å². The predicted molar refractivity (Wildman–Crippen MR) is 111 cm³/mol. The summed E-state index contributed by atoms with van der Waals surface area (Å²) < 4.78 is 11.9. The van der Waals surface area contributed by atoms with Crippen molar-refractivity contribution in [1.82, 2.24) is 4.90 Å². The second-order valence-corrected chi connectivity index (χ2v) is 7.67. The van der Waals surface area contributed by atoms with Crippen LogP contribution < -0.4 is 9.47 Å². The van der Waals surface area contributed by atoms with E-state index in [4.69, 9.17) is 9.47 Å². The van der Waals surface area contributed by atoms with Crippen LogP contribution in [0.5, 0.6) is 11.5 Å². The summed E-state index contributed by atoms with van der Waals surface area (Å²) in [5.74, 6) is 1.64. The largest absolute Gasteiger partial charge is 0.494 e. The highest BCUT2D eigenvalue weighted by atomic mass is 16.5. The molecule has 0 N–H and O–H groups in total. The number of benzene rings is 2. The second-order valence-electron chi connectivity index (χ2n) is 7.67. The zero-order valence-corrected chi connectivity index (χ0v) is 16.7. The van der Waals surface area contributed by atoms with Gasteiger partial charge in [0.1, 0.15) is 11.5 Å². The Morgan fingerprint density at radius 1 is 0.929 bits per heavy atom. The third kappa shape index (κ3) is 3.93. The fourth-order valence-corrected chi connectivity index (χ4v) is 4.09. The molecule has 28 heavy (non-hydrogen) atoms. The summed E-state index contributed by atoms with van der Waals surface area (Å²) in [5, 5.41) is 0. The minimum absolute atomic E-state index is 0.0634. The number of hydrogen-bond donors (Lipinski definition) is 0. The summed E-state index contributed by atoms with van der Waals surface area (Å²) in [5.41, 5.74) is 3.34. The maximum Gasteiger partial charge on any atom is 0.194 e. The van der Waals surface area contributed by atoms with Gasteiger partial charge in [-0.3, -0.25) is 4.79 Å². The first-order valence-electron chi connectivity index (χ1n) is 10.6. The van der Waals surface area contributed by atoms with Crippen molar-refractivity contribution in [3.05, 3.63) is 47.5 Å². The van der Waals surface area contributed by atoms with E-state index in [9.17, 15) is 4.79 Å². The molecule has 148 valence electrons. The molecule has 0 atom stereocenters. The van der Waals surface area contributed by atoms with Crippen LogP contribution in [0, 0.1) is 0 Å². The van der Waals surface area contributed by atoms with Crippen LogP contribution in [-0.4, -0.2) is 43.5 Å². The lowest BCUT2D eigenvalue weighted by Crippen LogP contribution is -2.21. The summed E-state index contributed by atoms with van der Waals surface area (Å²) in [6, 6.07) is 11.6. The van der Waals surface area contributed by atoms with Gasteiger partial charge in [0.05, 0.1) is 13.2 Å². The summed E-state index contributed by atoms with van der Waals surface area (Å²) in [7, 11) is 0. The quantitative estimate of drug-likeness (QED) is 0.494. The lowest BCUT2D eigenvalue weighted by Gasteiger charge is -2.15. The zero-order chi connectivity index (χ0) is 19.3. The van der Waals surface area contributed by atoms with Gasteiger partial charge >= 0.3 is 0 Å². The van der Waals surface area contributed by atoms with Gasteiger partial charge < -0.3 is 14.4 Å². The molecule has 4 nitrogen and oxygen atoms in total. The van der Waals surface area contributed by atoms with Crippen molar-refractivity contribution in [3.8, 4) is 22.6 Å². The fraction of sp³-hybridized carbons (Fsp3) is 0.458. The number of likely N-dealkylation sites (tertiary alicyclic amines) is 1. The molecular formula is C24H29NO3. The predicted octanol–water partition coefficient (Wildman–Crippen LogP) is 4.94. The van der Waals surface area contributed by atoms with E-state index in [1.54, 1.807) is 0 Å². The molecule has 0 bridgehead atoms. The number of ketones is 1. The van der Waals surface area contributed by atoms with Crippen LogP contribution in [0.1, 0.15) is 54.9 Å². The van der Waals surface area contributed by atoms with Crippen LogP contribution in [0.15, 0.2) is 36.4 Å². The summed E-state index contributed by atoms with van der Waals surface area (Å²) in [6.45, 7) is 7.01. The minimum atomic E-state index is 0.0634. The SMILES string of the molecule is CCCCOc1ccc2c(c1)C(=O)c1cccc(OCCCN3CCCC3)c1-2. The van der Waals surface area contributed by atoms with Crippen LogP contribution in [0.4, 0.5) is 0 Å². The molecule has 0 saturated carbocycles. The average Bonchev–Trinajstić information content (AvgIpc) is 3.33. The Morgan fingerprint density at radius 3 is 2.57 bits per heavy atom. The molecule has 2 aromatic carbocycles. The van der Waals surface area contributed by atoms with Crippen molar-refractivity contribution >= 4 is 5.78 Å². The van der Waals surface area contributed by atoms with E-state index in [1.807, 2.05) is 36.4 Å². The van der Waals surface area contributed by atoms with Crippen LogP contribution in [0.3, 0.4) is 0 Å². The Balaban J connectivity index is 1.47. The van der Waals surface area contributed by atoms with Crippen LogP contribution in [0.2, 0.25) is 0 Å². The fourth-order valence-electron chi connectivity index (χ4n) is 4.09. The van der Waals surface area contributed by atoms with Gasteiger partial charge in [-0.05, 0) is 68.6 Å². The molecule has 0 amide bonds. The van der Waals surface area contributed by atoms with Crippen LogP contribution in [0.25, 0.3) is 11.1 Å². The zero-order valence-electron chi connectivity index (χ0n) is 16.7. The maximum atomic E-state index is 12.9. The molecule has 0 spiro atoms. The van der Waals surface area contributed by atoms with E-state index < -0.39 is 0 Å². The molecule has 4 rings (SSSR count). The molecule has 2 aliphatic rings. The van der Waals surface area contributed by atoms with E-state index >= 15 is 0 Å². The Kier molecular flexibility index (Phi) is 5.96. The highest BCUT2D eigenvalue weighted by Gasteiger charge is 2.30. The van der Waals surface area contributed by atoms with Crippen LogP contribution in [-0.2, 0) is 0 Å². The topological polar surface area (TPSA) is 38.8 Å². The number of rotatable bonds is 9. The second kappa shape index (κ2) is 8.78. The molecule has 2 aromatic rings. The normalized spacial score (nSPS) is 15.5. The Hall–Kier alpha value is -2.33. The number of ether oxygens (including phenoxy) is 2. The van der Waals surface area contributed by atoms with Crippen molar-refractivity contribution in [1.29, 1.82) is 0 Å². The Morgan fingerprint density at radius 2 is 1.75 bits per heavy atom. The number of unbranched alkanes of at least 4 members (excludes halogenated alkanes) is 1. The van der Waals surface area contributed by atoms with Crippen molar-refractivity contribution < 1.29 is 14.3 Å². The first-order valence-corrected chi connectivity index (χ1v) is 10.6. The molecule has 4 heteroatoms. The van der Waals surface area contributed by atoms with Gasteiger partial charge in [0.25, 0.3) is 0 Å². The molecule has 0 radical (unpaired) electrons. The number of hydrogen-bond acceptors (Lipinski definition) is 4.